The summed E-state index contributed by atoms with van der Waals surface area (Å²) in [7, 11) is 0. The van der Waals surface area contributed by atoms with Crippen LogP contribution in [0.1, 0.15) is 20.8 Å². The van der Waals surface area contributed by atoms with Crippen molar-refractivity contribution < 1.29 is 13.5 Å². The van der Waals surface area contributed by atoms with E-state index in [1.54, 1.807) is 0 Å². The molecule has 1 aromatic rings. The summed E-state index contributed by atoms with van der Waals surface area (Å²) in [6.07, 6.45) is 0.00466. The van der Waals surface area contributed by atoms with Crippen molar-refractivity contribution in [3.8, 4) is 0 Å². The van der Waals surface area contributed by atoms with Gasteiger partial charge in [-0.05, 0) is 20.8 Å². The summed E-state index contributed by atoms with van der Waals surface area (Å²) < 4.78 is 33.0. The van der Waals surface area contributed by atoms with E-state index in [1.807, 2.05) is 25.7 Å². The second kappa shape index (κ2) is 5.69. The van der Waals surface area contributed by atoms with Crippen molar-refractivity contribution >= 4 is 11.6 Å². The molecule has 19 heavy (non-hydrogen) atoms. The van der Waals surface area contributed by atoms with Gasteiger partial charge < -0.3 is 15.0 Å². The minimum atomic E-state index is -0.669. The van der Waals surface area contributed by atoms with Gasteiger partial charge in [0.25, 0.3) is 0 Å². The molecule has 0 aromatic carbocycles. The molecule has 0 aliphatic carbocycles. The lowest BCUT2D eigenvalue weighted by molar-refractivity contribution is 0.0337. The lowest BCUT2D eigenvalue weighted by Crippen LogP contribution is -2.48. The minimum Gasteiger partial charge on any atom is -0.375 e. The maximum Gasteiger partial charge on any atom is 0.168 e. The Morgan fingerprint density at radius 2 is 2.16 bits per heavy atom. The van der Waals surface area contributed by atoms with Crippen molar-refractivity contribution in [2.45, 2.75) is 32.9 Å². The Labute approximate surface area is 111 Å². The van der Waals surface area contributed by atoms with Crippen molar-refractivity contribution in [3.63, 3.8) is 0 Å². The lowest BCUT2D eigenvalue weighted by atomic mass is 10.2. The maximum atomic E-state index is 13.9. The van der Waals surface area contributed by atoms with Gasteiger partial charge in [0.1, 0.15) is 0 Å². The highest BCUT2D eigenvalue weighted by Gasteiger charge is 2.27. The van der Waals surface area contributed by atoms with Crippen molar-refractivity contribution in [2.75, 3.05) is 29.9 Å². The first-order chi connectivity index (χ1) is 9.02. The fourth-order valence-corrected chi connectivity index (χ4v) is 2.15. The molecule has 2 heterocycles. The molecule has 2 atom stereocenters. The molecule has 106 valence electrons. The third-order valence-electron chi connectivity index (χ3n) is 3.14. The third-order valence-corrected chi connectivity index (χ3v) is 3.14. The predicted molar refractivity (Wildman–Crippen MR) is 70.5 cm³/mol. The molecule has 0 amide bonds. The van der Waals surface area contributed by atoms with E-state index in [1.165, 1.54) is 0 Å². The molecular formula is C13H19F2N3O. The number of anilines is 2. The third kappa shape index (κ3) is 2.94. The zero-order valence-electron chi connectivity index (χ0n) is 11.4. The average molecular weight is 271 g/mol. The van der Waals surface area contributed by atoms with Crippen molar-refractivity contribution in [1.29, 1.82) is 0 Å². The Morgan fingerprint density at radius 1 is 1.42 bits per heavy atom. The van der Waals surface area contributed by atoms with E-state index in [0.717, 1.165) is 6.07 Å². The summed E-state index contributed by atoms with van der Waals surface area (Å²) in [5, 5.41) is 2.80. The smallest absolute Gasteiger partial charge is 0.168 e. The number of pyridine rings is 1. The van der Waals surface area contributed by atoms with Crippen LogP contribution in [-0.2, 0) is 4.74 Å². The van der Waals surface area contributed by atoms with Gasteiger partial charge in [-0.3, -0.25) is 0 Å². The van der Waals surface area contributed by atoms with Gasteiger partial charge in [-0.2, -0.15) is 0 Å². The molecule has 1 aliphatic heterocycles. The molecule has 4 nitrogen and oxygen atoms in total. The van der Waals surface area contributed by atoms with Crippen molar-refractivity contribution in [2.24, 2.45) is 0 Å². The largest absolute Gasteiger partial charge is 0.375 e. The Bertz CT molecular complexity index is 456. The molecular weight excluding hydrogens is 252 g/mol. The van der Waals surface area contributed by atoms with Gasteiger partial charge >= 0.3 is 0 Å². The van der Waals surface area contributed by atoms with Crippen molar-refractivity contribution in [1.82, 2.24) is 4.98 Å². The van der Waals surface area contributed by atoms with Crippen LogP contribution in [0.15, 0.2) is 6.07 Å². The van der Waals surface area contributed by atoms with E-state index in [-0.39, 0.29) is 23.8 Å². The second-order valence-electron chi connectivity index (χ2n) is 4.80. The fourth-order valence-electron chi connectivity index (χ4n) is 2.15. The molecule has 2 rings (SSSR count). The fraction of sp³-hybridized carbons (Fsp3) is 0.615. The molecule has 1 aliphatic rings. The number of rotatable bonds is 3. The number of nitrogens with zero attached hydrogens (tertiary/aromatic N) is 2. The summed E-state index contributed by atoms with van der Waals surface area (Å²) in [6, 6.07) is 0.894. The van der Waals surface area contributed by atoms with Crippen LogP contribution in [-0.4, -0.2) is 36.8 Å². The average Bonchev–Trinajstić information content (AvgIpc) is 2.36. The van der Waals surface area contributed by atoms with E-state index in [4.69, 9.17) is 4.74 Å². The molecule has 1 saturated heterocycles. The summed E-state index contributed by atoms with van der Waals surface area (Å²) in [6.45, 7) is 7.28. The monoisotopic (exact) mass is 271 g/mol. The van der Waals surface area contributed by atoms with Crippen LogP contribution in [0.3, 0.4) is 0 Å². The first-order valence-electron chi connectivity index (χ1n) is 6.51. The summed E-state index contributed by atoms with van der Waals surface area (Å²) >= 11 is 0. The van der Waals surface area contributed by atoms with E-state index in [2.05, 4.69) is 10.3 Å². The van der Waals surface area contributed by atoms with Crippen LogP contribution in [0.5, 0.6) is 0 Å². The highest BCUT2D eigenvalue weighted by molar-refractivity contribution is 5.50. The van der Waals surface area contributed by atoms with Crippen LogP contribution in [0.25, 0.3) is 0 Å². The van der Waals surface area contributed by atoms with Crippen LogP contribution in [0, 0.1) is 11.6 Å². The highest BCUT2D eigenvalue weighted by Crippen LogP contribution is 2.26. The van der Waals surface area contributed by atoms with Crippen LogP contribution in [0.4, 0.5) is 20.4 Å². The number of ether oxygens (including phenoxy) is 1. The molecule has 0 spiro atoms. The molecule has 0 radical (unpaired) electrons. The molecule has 0 saturated carbocycles. The molecule has 2 unspecified atom stereocenters. The van der Waals surface area contributed by atoms with Gasteiger partial charge in [0.05, 0.1) is 18.8 Å². The Hall–Kier alpha value is -1.43. The van der Waals surface area contributed by atoms with Gasteiger partial charge in [-0.1, -0.05) is 0 Å². The zero-order chi connectivity index (χ0) is 14.0. The Morgan fingerprint density at radius 3 is 2.84 bits per heavy atom. The van der Waals surface area contributed by atoms with E-state index >= 15 is 0 Å². The molecule has 1 N–H and O–H groups in total. The van der Waals surface area contributed by atoms with Crippen LogP contribution < -0.4 is 10.2 Å². The SMILES string of the molecule is CCNc1nc(N2CC(C)OCC2C)c(F)cc1F. The summed E-state index contributed by atoms with van der Waals surface area (Å²) in [5.74, 6) is -1.04. The summed E-state index contributed by atoms with van der Waals surface area (Å²) in [5.41, 5.74) is 0. The van der Waals surface area contributed by atoms with Crippen LogP contribution in [0.2, 0.25) is 0 Å². The van der Waals surface area contributed by atoms with Gasteiger partial charge in [-0.15, -0.1) is 0 Å². The number of aromatic nitrogens is 1. The number of hydrogen-bond donors (Lipinski definition) is 1. The van der Waals surface area contributed by atoms with Gasteiger partial charge in [0.2, 0.25) is 0 Å². The number of halogens is 2. The number of hydrogen-bond acceptors (Lipinski definition) is 4. The lowest BCUT2D eigenvalue weighted by Gasteiger charge is -2.37. The van der Waals surface area contributed by atoms with E-state index in [0.29, 0.717) is 19.7 Å². The first-order valence-corrected chi connectivity index (χ1v) is 6.51. The molecule has 1 aromatic heterocycles. The topological polar surface area (TPSA) is 37.4 Å². The molecule has 6 heteroatoms. The zero-order valence-corrected chi connectivity index (χ0v) is 11.4. The minimum absolute atomic E-state index is 0.00466. The van der Waals surface area contributed by atoms with Crippen LogP contribution >= 0.6 is 0 Å². The predicted octanol–water partition coefficient (Wildman–Crippen LogP) is 2.41. The Kier molecular flexibility index (Phi) is 4.19. The quantitative estimate of drug-likeness (QED) is 0.916. The molecule has 0 bridgehead atoms. The standard InChI is InChI=1S/C13H19F2N3O/c1-4-16-12-10(14)5-11(15)13(17-12)18-6-9(3)19-7-8(18)2/h5,8-9H,4,6-7H2,1-3H3,(H,16,17). The van der Waals surface area contributed by atoms with Gasteiger partial charge in [0.15, 0.2) is 23.3 Å². The molecule has 1 fully saturated rings. The Balaban J connectivity index is 2.34. The summed E-state index contributed by atoms with van der Waals surface area (Å²) in [4.78, 5) is 5.90. The van der Waals surface area contributed by atoms with Crippen molar-refractivity contribution in [3.05, 3.63) is 17.7 Å². The number of nitrogens with one attached hydrogen (secondary N) is 1. The highest BCUT2D eigenvalue weighted by atomic mass is 19.1. The maximum absolute atomic E-state index is 13.9. The van der Waals surface area contributed by atoms with E-state index < -0.39 is 11.6 Å². The van der Waals surface area contributed by atoms with Gasteiger partial charge in [-0.25, -0.2) is 13.8 Å². The number of morpholine rings is 1. The first kappa shape index (κ1) is 14.0. The van der Waals surface area contributed by atoms with E-state index in [9.17, 15) is 8.78 Å². The normalized spacial score (nSPS) is 23.5. The van der Waals surface area contributed by atoms with Gasteiger partial charge in [0, 0.05) is 19.2 Å². The second-order valence-corrected chi connectivity index (χ2v) is 4.80.